The van der Waals surface area contributed by atoms with Crippen LogP contribution in [0.5, 0.6) is 0 Å². The molecule has 2 fully saturated rings. The zero-order chi connectivity index (χ0) is 16.4. The lowest BCUT2D eigenvalue weighted by molar-refractivity contribution is -0.122. The van der Waals surface area contributed by atoms with Gasteiger partial charge in [-0.2, -0.15) is 17.4 Å². The molecule has 0 spiro atoms. The Morgan fingerprint density at radius 1 is 1.39 bits per heavy atom. The fourth-order valence-electron chi connectivity index (χ4n) is 3.19. The van der Waals surface area contributed by atoms with Crippen molar-refractivity contribution in [1.82, 2.24) is 14.3 Å². The van der Waals surface area contributed by atoms with Gasteiger partial charge in [0.05, 0.1) is 6.04 Å². The predicted octanol–water partition coefficient (Wildman–Crippen LogP) is 1.09. The van der Waals surface area contributed by atoms with Crippen molar-refractivity contribution in [1.29, 1.82) is 0 Å². The van der Waals surface area contributed by atoms with Crippen molar-refractivity contribution in [2.45, 2.75) is 51.1 Å². The first kappa shape index (κ1) is 16.5. The van der Waals surface area contributed by atoms with E-state index >= 15 is 0 Å². The highest BCUT2D eigenvalue weighted by Crippen LogP contribution is 2.35. The summed E-state index contributed by atoms with van der Waals surface area (Å²) >= 11 is 0. The van der Waals surface area contributed by atoms with Gasteiger partial charge in [-0.1, -0.05) is 6.92 Å². The van der Waals surface area contributed by atoms with Crippen molar-refractivity contribution < 1.29 is 17.6 Å². The predicted molar refractivity (Wildman–Crippen MR) is 84.9 cm³/mol. The summed E-state index contributed by atoms with van der Waals surface area (Å²) < 4.78 is 35.4. The fraction of sp³-hybridized carbons (Fsp3) is 0.667. The first-order chi connectivity index (χ1) is 11.0. The van der Waals surface area contributed by atoms with Gasteiger partial charge in [-0.15, -0.1) is 0 Å². The SMILES string of the molecule is CCc1ccc(C2CCCN2S(=O)(=O)NC2CCC(=O)NC2)o1. The van der Waals surface area contributed by atoms with Crippen LogP contribution in [-0.4, -0.2) is 37.8 Å². The maximum atomic E-state index is 12.7. The molecule has 0 aromatic carbocycles. The quantitative estimate of drug-likeness (QED) is 0.839. The van der Waals surface area contributed by atoms with Crippen LogP contribution in [0.25, 0.3) is 0 Å². The van der Waals surface area contributed by atoms with Crippen molar-refractivity contribution in [3.63, 3.8) is 0 Å². The van der Waals surface area contributed by atoms with Crippen molar-refractivity contribution in [3.8, 4) is 0 Å². The minimum Gasteiger partial charge on any atom is -0.464 e. The maximum Gasteiger partial charge on any atom is 0.280 e. The molecule has 1 aromatic rings. The Labute approximate surface area is 136 Å². The third-order valence-electron chi connectivity index (χ3n) is 4.45. The Hall–Kier alpha value is -1.38. The number of aryl methyl sites for hydroxylation is 1. The molecule has 0 aliphatic carbocycles. The van der Waals surface area contributed by atoms with Crippen LogP contribution in [0.3, 0.4) is 0 Å². The number of carbonyl (C=O) groups excluding carboxylic acids is 1. The summed E-state index contributed by atoms with van der Waals surface area (Å²) in [5.41, 5.74) is 0. The number of hydrogen-bond donors (Lipinski definition) is 2. The van der Waals surface area contributed by atoms with Crippen LogP contribution >= 0.6 is 0 Å². The lowest BCUT2D eigenvalue weighted by Crippen LogP contribution is -2.51. The first-order valence-electron chi connectivity index (χ1n) is 8.14. The molecule has 0 bridgehead atoms. The second kappa shape index (κ2) is 6.62. The number of hydrogen-bond acceptors (Lipinski definition) is 4. The maximum absolute atomic E-state index is 12.7. The van der Waals surface area contributed by atoms with E-state index < -0.39 is 10.2 Å². The smallest absolute Gasteiger partial charge is 0.280 e. The molecule has 2 aliphatic heterocycles. The van der Waals surface area contributed by atoms with Crippen LogP contribution in [0, 0.1) is 0 Å². The summed E-state index contributed by atoms with van der Waals surface area (Å²) in [5.74, 6) is 1.55. The number of carbonyl (C=O) groups is 1. The molecule has 2 N–H and O–H groups in total. The molecule has 3 heterocycles. The third kappa shape index (κ3) is 3.59. The Bertz CT molecular complexity index is 660. The standard InChI is InChI=1S/C15H23N3O4S/c1-2-12-6-7-14(22-12)13-4-3-9-18(13)23(20,21)17-11-5-8-15(19)16-10-11/h6-7,11,13,17H,2-5,8-10H2,1H3,(H,16,19). The summed E-state index contributed by atoms with van der Waals surface area (Å²) in [6, 6.07) is 3.29. The first-order valence-corrected chi connectivity index (χ1v) is 9.58. The van der Waals surface area contributed by atoms with Crippen LogP contribution in [0.1, 0.15) is 50.2 Å². The van der Waals surface area contributed by atoms with E-state index in [-0.39, 0.29) is 18.0 Å². The molecule has 0 radical (unpaired) electrons. The van der Waals surface area contributed by atoms with E-state index in [0.717, 1.165) is 25.0 Å². The highest BCUT2D eigenvalue weighted by molar-refractivity contribution is 7.87. The molecule has 128 valence electrons. The number of rotatable bonds is 5. The summed E-state index contributed by atoms with van der Waals surface area (Å²) in [6.45, 7) is 2.84. The van der Waals surface area contributed by atoms with E-state index in [4.69, 9.17) is 4.42 Å². The van der Waals surface area contributed by atoms with Crippen LogP contribution in [0.4, 0.5) is 0 Å². The van der Waals surface area contributed by atoms with Gasteiger partial charge in [0.2, 0.25) is 5.91 Å². The Morgan fingerprint density at radius 2 is 2.22 bits per heavy atom. The molecular weight excluding hydrogens is 318 g/mol. The average molecular weight is 341 g/mol. The number of amides is 1. The van der Waals surface area contributed by atoms with Gasteiger partial charge in [-0.3, -0.25) is 4.79 Å². The molecule has 8 heteroatoms. The van der Waals surface area contributed by atoms with Crippen LogP contribution < -0.4 is 10.0 Å². The minimum atomic E-state index is -3.60. The summed E-state index contributed by atoms with van der Waals surface area (Å²) in [6.07, 6.45) is 3.26. The second-order valence-electron chi connectivity index (χ2n) is 6.09. The third-order valence-corrected chi connectivity index (χ3v) is 6.14. The Morgan fingerprint density at radius 3 is 2.87 bits per heavy atom. The van der Waals surface area contributed by atoms with Crippen LogP contribution in [0.2, 0.25) is 0 Å². The van der Waals surface area contributed by atoms with E-state index in [0.29, 0.717) is 31.7 Å². The normalized spacial score (nSPS) is 26.4. The van der Waals surface area contributed by atoms with Gasteiger partial charge in [0.25, 0.3) is 10.2 Å². The monoisotopic (exact) mass is 341 g/mol. The molecule has 1 aromatic heterocycles. The van der Waals surface area contributed by atoms with E-state index in [2.05, 4.69) is 10.0 Å². The molecule has 1 amide bonds. The Kier molecular flexibility index (Phi) is 4.74. The molecule has 3 rings (SSSR count). The number of nitrogens with one attached hydrogen (secondary N) is 2. The molecule has 2 saturated heterocycles. The minimum absolute atomic E-state index is 0.0258. The van der Waals surface area contributed by atoms with Gasteiger partial charge >= 0.3 is 0 Å². The summed E-state index contributed by atoms with van der Waals surface area (Å²) in [7, 11) is -3.60. The average Bonchev–Trinajstić information content (AvgIpc) is 3.17. The number of nitrogens with zero attached hydrogens (tertiary/aromatic N) is 1. The van der Waals surface area contributed by atoms with Gasteiger partial charge in [0, 0.05) is 32.0 Å². The van der Waals surface area contributed by atoms with Crippen LogP contribution in [0.15, 0.2) is 16.5 Å². The zero-order valence-corrected chi connectivity index (χ0v) is 14.1. The van der Waals surface area contributed by atoms with E-state index in [1.165, 1.54) is 4.31 Å². The fourth-order valence-corrected chi connectivity index (χ4v) is 4.86. The summed E-state index contributed by atoms with van der Waals surface area (Å²) in [4.78, 5) is 11.2. The largest absolute Gasteiger partial charge is 0.464 e. The highest BCUT2D eigenvalue weighted by Gasteiger charge is 2.38. The molecule has 0 saturated carbocycles. The van der Waals surface area contributed by atoms with Gasteiger partial charge in [0.15, 0.2) is 0 Å². The topological polar surface area (TPSA) is 91.7 Å². The molecule has 2 atom stereocenters. The van der Waals surface area contributed by atoms with Gasteiger partial charge in [-0.05, 0) is 31.4 Å². The van der Waals surface area contributed by atoms with Gasteiger partial charge in [-0.25, -0.2) is 0 Å². The summed E-state index contributed by atoms with van der Waals surface area (Å²) in [5, 5.41) is 2.70. The van der Waals surface area contributed by atoms with E-state index in [9.17, 15) is 13.2 Å². The number of piperidine rings is 1. The lowest BCUT2D eigenvalue weighted by atomic mass is 10.1. The molecule has 23 heavy (non-hydrogen) atoms. The lowest BCUT2D eigenvalue weighted by Gasteiger charge is -2.28. The highest BCUT2D eigenvalue weighted by atomic mass is 32.2. The molecular formula is C15H23N3O4S. The van der Waals surface area contributed by atoms with Gasteiger partial charge < -0.3 is 9.73 Å². The molecule has 7 nitrogen and oxygen atoms in total. The van der Waals surface area contributed by atoms with E-state index in [1.54, 1.807) is 0 Å². The molecule has 2 unspecified atom stereocenters. The molecule has 2 aliphatic rings. The van der Waals surface area contributed by atoms with Crippen molar-refractivity contribution in [2.24, 2.45) is 0 Å². The van der Waals surface area contributed by atoms with Crippen molar-refractivity contribution in [3.05, 3.63) is 23.7 Å². The number of furan rings is 1. The van der Waals surface area contributed by atoms with Crippen LogP contribution in [-0.2, 0) is 21.4 Å². The van der Waals surface area contributed by atoms with Crippen molar-refractivity contribution in [2.75, 3.05) is 13.1 Å². The zero-order valence-electron chi connectivity index (χ0n) is 13.2. The second-order valence-corrected chi connectivity index (χ2v) is 7.74. The van der Waals surface area contributed by atoms with E-state index in [1.807, 2.05) is 19.1 Å². The van der Waals surface area contributed by atoms with Crippen molar-refractivity contribution >= 4 is 16.1 Å². The van der Waals surface area contributed by atoms with Gasteiger partial charge in [0.1, 0.15) is 11.5 Å². The Balaban J connectivity index is 1.71.